The molecule has 1 fully saturated rings. The van der Waals surface area contributed by atoms with Gasteiger partial charge in [0.1, 0.15) is 5.82 Å². The summed E-state index contributed by atoms with van der Waals surface area (Å²) in [4.78, 5) is 14.4. The maximum absolute atomic E-state index is 14.0. The standard InChI is InChI=1S/C16H23FN2O2/c1-3-8-18-15-12(5-4-6-13(15)17)16(21)19-9-7-11(2)14(19)10-20/h4-6,11,14,18,20H,3,7-10H2,1-2H3. The van der Waals surface area contributed by atoms with E-state index in [2.05, 4.69) is 5.32 Å². The molecule has 0 aromatic heterocycles. The van der Waals surface area contributed by atoms with Gasteiger partial charge in [0, 0.05) is 13.1 Å². The van der Waals surface area contributed by atoms with Crippen molar-refractivity contribution < 1.29 is 14.3 Å². The maximum Gasteiger partial charge on any atom is 0.256 e. The van der Waals surface area contributed by atoms with Gasteiger partial charge in [-0.3, -0.25) is 4.79 Å². The zero-order valence-corrected chi connectivity index (χ0v) is 12.6. The molecule has 1 aromatic rings. The number of anilines is 1. The molecule has 0 radical (unpaired) electrons. The number of nitrogens with one attached hydrogen (secondary N) is 1. The molecule has 4 nitrogen and oxygen atoms in total. The Morgan fingerprint density at radius 1 is 1.52 bits per heavy atom. The summed E-state index contributed by atoms with van der Waals surface area (Å²) in [5, 5.41) is 12.5. The Hall–Kier alpha value is -1.62. The Labute approximate surface area is 125 Å². The van der Waals surface area contributed by atoms with E-state index >= 15 is 0 Å². The molecule has 1 aromatic carbocycles. The molecule has 0 aliphatic carbocycles. The van der Waals surface area contributed by atoms with Crippen LogP contribution in [-0.4, -0.2) is 41.7 Å². The summed E-state index contributed by atoms with van der Waals surface area (Å²) >= 11 is 0. The fraction of sp³-hybridized carbons (Fsp3) is 0.562. The van der Waals surface area contributed by atoms with E-state index in [1.54, 1.807) is 17.0 Å². The number of carbonyl (C=O) groups is 1. The van der Waals surface area contributed by atoms with Gasteiger partial charge in [0.15, 0.2) is 0 Å². The number of rotatable bonds is 5. The molecule has 1 aliphatic heterocycles. The first-order chi connectivity index (χ1) is 10.1. The van der Waals surface area contributed by atoms with Crippen LogP contribution in [0.5, 0.6) is 0 Å². The Morgan fingerprint density at radius 3 is 2.95 bits per heavy atom. The third kappa shape index (κ3) is 3.18. The highest BCUT2D eigenvalue weighted by Gasteiger charge is 2.35. The quantitative estimate of drug-likeness (QED) is 0.877. The molecule has 1 saturated heterocycles. The van der Waals surface area contributed by atoms with Gasteiger partial charge in [-0.25, -0.2) is 4.39 Å². The van der Waals surface area contributed by atoms with Crippen LogP contribution in [0.1, 0.15) is 37.0 Å². The number of nitrogens with zero attached hydrogens (tertiary/aromatic N) is 1. The van der Waals surface area contributed by atoms with E-state index in [-0.39, 0.29) is 30.2 Å². The average molecular weight is 294 g/mol. The van der Waals surface area contributed by atoms with Crippen LogP contribution in [0, 0.1) is 11.7 Å². The average Bonchev–Trinajstić information content (AvgIpc) is 2.86. The molecule has 1 amide bonds. The summed E-state index contributed by atoms with van der Waals surface area (Å²) in [6, 6.07) is 4.36. The first-order valence-corrected chi connectivity index (χ1v) is 7.54. The van der Waals surface area contributed by atoms with Crippen LogP contribution < -0.4 is 5.32 Å². The van der Waals surface area contributed by atoms with Crippen LogP contribution in [0.25, 0.3) is 0 Å². The third-order valence-corrected chi connectivity index (χ3v) is 4.13. The topological polar surface area (TPSA) is 52.6 Å². The molecule has 0 saturated carbocycles. The van der Waals surface area contributed by atoms with Gasteiger partial charge in [-0.05, 0) is 30.9 Å². The number of para-hydroxylation sites is 1. The number of likely N-dealkylation sites (tertiary alicyclic amines) is 1. The van der Waals surface area contributed by atoms with Crippen LogP contribution >= 0.6 is 0 Å². The number of aliphatic hydroxyl groups excluding tert-OH is 1. The van der Waals surface area contributed by atoms with Crippen molar-refractivity contribution in [3.05, 3.63) is 29.6 Å². The highest BCUT2D eigenvalue weighted by molar-refractivity contribution is 6.00. The second-order valence-electron chi connectivity index (χ2n) is 5.60. The zero-order valence-electron chi connectivity index (χ0n) is 12.6. The fourth-order valence-corrected chi connectivity index (χ4v) is 2.83. The van der Waals surface area contributed by atoms with E-state index in [1.165, 1.54) is 6.07 Å². The van der Waals surface area contributed by atoms with Crippen molar-refractivity contribution in [1.82, 2.24) is 4.90 Å². The highest BCUT2D eigenvalue weighted by Crippen LogP contribution is 2.28. The molecule has 21 heavy (non-hydrogen) atoms. The van der Waals surface area contributed by atoms with E-state index < -0.39 is 5.82 Å². The zero-order chi connectivity index (χ0) is 15.4. The van der Waals surface area contributed by atoms with Gasteiger partial charge in [-0.15, -0.1) is 0 Å². The van der Waals surface area contributed by atoms with Gasteiger partial charge in [-0.2, -0.15) is 0 Å². The van der Waals surface area contributed by atoms with Crippen LogP contribution in [0.3, 0.4) is 0 Å². The number of aliphatic hydroxyl groups is 1. The minimum absolute atomic E-state index is 0.0556. The molecule has 1 heterocycles. The van der Waals surface area contributed by atoms with E-state index in [1.807, 2.05) is 13.8 Å². The van der Waals surface area contributed by atoms with E-state index in [9.17, 15) is 14.3 Å². The van der Waals surface area contributed by atoms with Crippen LogP contribution in [0.15, 0.2) is 18.2 Å². The molecular weight excluding hydrogens is 271 g/mol. The van der Waals surface area contributed by atoms with Gasteiger partial charge in [0.25, 0.3) is 5.91 Å². The molecule has 1 aliphatic rings. The summed E-state index contributed by atoms with van der Waals surface area (Å²) in [6.07, 6.45) is 1.71. The molecule has 0 bridgehead atoms. The second kappa shape index (κ2) is 6.89. The Kier molecular flexibility index (Phi) is 5.17. The lowest BCUT2D eigenvalue weighted by atomic mass is 10.0. The van der Waals surface area contributed by atoms with Gasteiger partial charge < -0.3 is 15.3 Å². The van der Waals surface area contributed by atoms with Gasteiger partial charge in [0.05, 0.1) is 23.9 Å². The number of amides is 1. The van der Waals surface area contributed by atoms with Crippen molar-refractivity contribution in [2.24, 2.45) is 5.92 Å². The first kappa shape index (κ1) is 15.8. The molecule has 116 valence electrons. The SMILES string of the molecule is CCCNc1c(F)cccc1C(=O)N1CCC(C)C1CO. The summed E-state index contributed by atoms with van der Waals surface area (Å²) in [7, 11) is 0. The Morgan fingerprint density at radius 2 is 2.29 bits per heavy atom. The largest absolute Gasteiger partial charge is 0.394 e. The van der Waals surface area contributed by atoms with Gasteiger partial charge in [-0.1, -0.05) is 19.9 Å². The maximum atomic E-state index is 14.0. The summed E-state index contributed by atoms with van der Waals surface area (Å²) in [5.74, 6) is -0.363. The minimum atomic E-state index is -0.415. The van der Waals surface area contributed by atoms with Crippen molar-refractivity contribution in [2.75, 3.05) is 25.0 Å². The van der Waals surface area contributed by atoms with Crippen LogP contribution in [0.4, 0.5) is 10.1 Å². The van der Waals surface area contributed by atoms with E-state index in [0.717, 1.165) is 12.8 Å². The van der Waals surface area contributed by atoms with Crippen molar-refractivity contribution in [3.63, 3.8) is 0 Å². The smallest absolute Gasteiger partial charge is 0.256 e. The molecular formula is C16H23FN2O2. The monoisotopic (exact) mass is 294 g/mol. The molecule has 0 spiro atoms. The Balaban J connectivity index is 2.28. The normalized spacial score (nSPS) is 21.6. The molecule has 2 atom stereocenters. The van der Waals surface area contributed by atoms with E-state index in [0.29, 0.717) is 18.7 Å². The lowest BCUT2D eigenvalue weighted by Gasteiger charge is -2.26. The van der Waals surface area contributed by atoms with Crippen LogP contribution in [0.2, 0.25) is 0 Å². The molecule has 2 unspecified atom stereocenters. The number of hydrogen-bond acceptors (Lipinski definition) is 3. The predicted molar refractivity (Wildman–Crippen MR) is 80.9 cm³/mol. The number of carbonyl (C=O) groups excluding carboxylic acids is 1. The summed E-state index contributed by atoms with van der Waals surface area (Å²) in [5.41, 5.74) is 0.608. The summed E-state index contributed by atoms with van der Waals surface area (Å²) in [6.45, 7) is 5.17. The molecule has 2 N–H and O–H groups in total. The first-order valence-electron chi connectivity index (χ1n) is 7.54. The van der Waals surface area contributed by atoms with Crippen molar-refractivity contribution in [3.8, 4) is 0 Å². The highest BCUT2D eigenvalue weighted by atomic mass is 19.1. The van der Waals surface area contributed by atoms with Gasteiger partial charge >= 0.3 is 0 Å². The lowest BCUT2D eigenvalue weighted by Crippen LogP contribution is -2.40. The third-order valence-electron chi connectivity index (χ3n) is 4.13. The van der Waals surface area contributed by atoms with Crippen molar-refractivity contribution >= 4 is 11.6 Å². The van der Waals surface area contributed by atoms with Gasteiger partial charge in [0.2, 0.25) is 0 Å². The number of halogens is 1. The van der Waals surface area contributed by atoms with Crippen LogP contribution in [-0.2, 0) is 0 Å². The summed E-state index contributed by atoms with van der Waals surface area (Å²) < 4.78 is 14.0. The fourth-order valence-electron chi connectivity index (χ4n) is 2.83. The minimum Gasteiger partial charge on any atom is -0.394 e. The molecule has 2 rings (SSSR count). The van der Waals surface area contributed by atoms with Crippen molar-refractivity contribution in [2.45, 2.75) is 32.7 Å². The predicted octanol–water partition coefficient (Wildman–Crippen LogP) is 2.49. The lowest BCUT2D eigenvalue weighted by molar-refractivity contribution is 0.0648. The molecule has 5 heteroatoms. The second-order valence-corrected chi connectivity index (χ2v) is 5.60. The number of benzene rings is 1. The number of hydrogen-bond donors (Lipinski definition) is 2. The Bertz CT molecular complexity index is 507. The van der Waals surface area contributed by atoms with Crippen molar-refractivity contribution in [1.29, 1.82) is 0 Å². The van der Waals surface area contributed by atoms with E-state index in [4.69, 9.17) is 0 Å².